The summed E-state index contributed by atoms with van der Waals surface area (Å²) >= 11 is 0. The Morgan fingerprint density at radius 2 is 2.04 bits per heavy atom. The molecule has 1 unspecified atom stereocenters. The summed E-state index contributed by atoms with van der Waals surface area (Å²) in [7, 11) is 0. The average Bonchev–Trinajstić information content (AvgIpc) is 3.15. The first kappa shape index (κ1) is 17.2. The highest BCUT2D eigenvalue weighted by Gasteiger charge is 2.23. The molecule has 5 nitrogen and oxygen atoms in total. The van der Waals surface area contributed by atoms with Crippen LogP contribution >= 0.6 is 0 Å². The van der Waals surface area contributed by atoms with E-state index >= 15 is 0 Å². The summed E-state index contributed by atoms with van der Waals surface area (Å²) in [5.41, 5.74) is 13.1. The van der Waals surface area contributed by atoms with Crippen LogP contribution < -0.4 is 5.73 Å². The number of aliphatic hydroxyl groups is 1. The van der Waals surface area contributed by atoms with Crippen LogP contribution in [0.15, 0.2) is 30.4 Å². The second-order valence-electron chi connectivity index (χ2n) is 7.41. The first-order valence-electron chi connectivity index (χ1n) is 9.84. The summed E-state index contributed by atoms with van der Waals surface area (Å²) in [5.74, 6) is 6.04. The van der Waals surface area contributed by atoms with Crippen LogP contribution in [0.3, 0.4) is 0 Å². The van der Waals surface area contributed by atoms with Gasteiger partial charge in [-0.15, -0.1) is 0 Å². The molecule has 0 bridgehead atoms. The summed E-state index contributed by atoms with van der Waals surface area (Å²) in [6.45, 7) is 0.311. The highest BCUT2D eigenvalue weighted by molar-refractivity contribution is 6.10. The molecule has 28 heavy (non-hydrogen) atoms. The Balaban J connectivity index is 1.82. The van der Waals surface area contributed by atoms with Crippen LogP contribution in [0, 0.1) is 11.8 Å². The van der Waals surface area contributed by atoms with Crippen LogP contribution in [-0.4, -0.2) is 32.9 Å². The Labute approximate surface area is 163 Å². The van der Waals surface area contributed by atoms with Crippen molar-refractivity contribution in [3.63, 3.8) is 0 Å². The van der Waals surface area contributed by atoms with Gasteiger partial charge in [0.2, 0.25) is 0 Å². The number of benzene rings is 1. The molecule has 2 aliphatic rings. The van der Waals surface area contributed by atoms with Gasteiger partial charge in [0.15, 0.2) is 0 Å². The van der Waals surface area contributed by atoms with E-state index in [0.29, 0.717) is 13.0 Å². The molecule has 0 spiro atoms. The molecule has 2 aliphatic carbocycles. The molecule has 2 heterocycles. The second-order valence-corrected chi connectivity index (χ2v) is 7.41. The Morgan fingerprint density at radius 1 is 1.18 bits per heavy atom. The van der Waals surface area contributed by atoms with Gasteiger partial charge >= 0.3 is 0 Å². The van der Waals surface area contributed by atoms with Crippen molar-refractivity contribution in [3.05, 3.63) is 52.9 Å². The molecule has 3 aromatic rings. The lowest BCUT2D eigenvalue weighted by Crippen LogP contribution is -2.11. The van der Waals surface area contributed by atoms with Gasteiger partial charge in [-0.2, -0.15) is 5.10 Å². The third-order valence-corrected chi connectivity index (χ3v) is 5.66. The number of nitrogens with zero attached hydrogens (tertiary/aromatic N) is 2. The van der Waals surface area contributed by atoms with E-state index in [0.717, 1.165) is 46.2 Å². The number of fused-ring (bicyclic) bond motifs is 5. The molecular formula is C23H22N4O. The number of nitrogens with one attached hydrogen (secondary N) is 1. The molecule has 0 radical (unpaired) electrons. The lowest BCUT2D eigenvalue weighted by atomic mass is 9.84. The molecule has 1 atom stereocenters. The van der Waals surface area contributed by atoms with Gasteiger partial charge < -0.3 is 10.8 Å². The van der Waals surface area contributed by atoms with Gasteiger partial charge in [-0.05, 0) is 66.9 Å². The minimum Gasteiger partial charge on any atom is -0.389 e. The number of rotatable bonds is 1. The highest BCUT2D eigenvalue weighted by atomic mass is 16.3. The number of hydrogen-bond acceptors (Lipinski definition) is 4. The van der Waals surface area contributed by atoms with Gasteiger partial charge in [-0.25, -0.2) is 4.98 Å². The van der Waals surface area contributed by atoms with Crippen molar-refractivity contribution in [1.82, 2.24) is 15.2 Å². The Bertz CT molecular complexity index is 1210. The Morgan fingerprint density at radius 3 is 2.82 bits per heavy atom. The topological polar surface area (TPSA) is 87.8 Å². The van der Waals surface area contributed by atoms with Crippen LogP contribution in [0.2, 0.25) is 0 Å². The zero-order chi connectivity index (χ0) is 19.1. The molecule has 0 saturated heterocycles. The molecule has 2 aromatic heterocycles. The largest absolute Gasteiger partial charge is 0.389 e. The number of pyridine rings is 1. The maximum Gasteiger partial charge on any atom is 0.143 e. The van der Waals surface area contributed by atoms with Crippen LogP contribution in [0.4, 0.5) is 0 Å². The molecule has 1 aromatic carbocycles. The van der Waals surface area contributed by atoms with Crippen molar-refractivity contribution < 1.29 is 5.11 Å². The SMILES string of the molecule is NCC#Cc1n[nH]c2ccc3nc(C4=CCC(O)C=C4)c4c(c3c12)CCCC4. The molecule has 0 saturated carbocycles. The summed E-state index contributed by atoms with van der Waals surface area (Å²) in [4.78, 5) is 5.07. The van der Waals surface area contributed by atoms with Crippen LogP contribution in [-0.2, 0) is 12.8 Å². The molecule has 140 valence electrons. The number of aromatic nitrogens is 3. The minimum atomic E-state index is -0.394. The predicted octanol–water partition coefficient (Wildman–Crippen LogP) is 3.00. The predicted molar refractivity (Wildman–Crippen MR) is 112 cm³/mol. The standard InChI is InChI=1S/C23H22N4O/c24-13-3-6-19-22-20(27-26-19)12-11-18-21(22)16-4-1-2-5-17(16)23(25-18)14-7-9-15(28)10-8-14/h7-9,11-12,15,28H,1-2,4-5,10,13,24H2,(H,26,27). The van der Waals surface area contributed by atoms with E-state index < -0.39 is 6.10 Å². The highest BCUT2D eigenvalue weighted by Crippen LogP contribution is 2.38. The fourth-order valence-corrected chi connectivity index (χ4v) is 4.38. The average molecular weight is 370 g/mol. The second kappa shape index (κ2) is 6.90. The molecule has 5 heteroatoms. The molecular weight excluding hydrogens is 348 g/mol. The third kappa shape index (κ3) is 2.73. The maximum atomic E-state index is 9.80. The van der Waals surface area contributed by atoms with Crippen molar-refractivity contribution in [2.24, 2.45) is 5.73 Å². The minimum absolute atomic E-state index is 0.311. The lowest BCUT2D eigenvalue weighted by Gasteiger charge is -2.23. The number of aliphatic hydroxyl groups excluding tert-OH is 1. The normalized spacial score (nSPS) is 18.6. The Kier molecular flexibility index (Phi) is 4.23. The smallest absolute Gasteiger partial charge is 0.143 e. The van der Waals surface area contributed by atoms with Gasteiger partial charge in [0.25, 0.3) is 0 Å². The van der Waals surface area contributed by atoms with E-state index in [1.165, 1.54) is 29.4 Å². The van der Waals surface area contributed by atoms with Crippen molar-refractivity contribution in [1.29, 1.82) is 0 Å². The van der Waals surface area contributed by atoms with E-state index in [4.69, 9.17) is 10.7 Å². The van der Waals surface area contributed by atoms with Gasteiger partial charge in [-0.3, -0.25) is 5.10 Å². The van der Waals surface area contributed by atoms with Crippen molar-refractivity contribution in [2.75, 3.05) is 6.54 Å². The van der Waals surface area contributed by atoms with Gasteiger partial charge in [0.1, 0.15) is 5.69 Å². The number of hydrogen-bond donors (Lipinski definition) is 3. The number of allylic oxidation sites excluding steroid dienone is 2. The summed E-state index contributed by atoms with van der Waals surface area (Å²) < 4.78 is 0. The monoisotopic (exact) mass is 370 g/mol. The maximum absolute atomic E-state index is 9.80. The van der Waals surface area contributed by atoms with Crippen LogP contribution in [0.25, 0.3) is 27.4 Å². The molecule has 5 rings (SSSR count). The zero-order valence-corrected chi connectivity index (χ0v) is 15.6. The molecule has 0 fully saturated rings. The van der Waals surface area contributed by atoms with Gasteiger partial charge in [-0.1, -0.05) is 24.1 Å². The zero-order valence-electron chi connectivity index (χ0n) is 15.6. The van der Waals surface area contributed by atoms with E-state index in [-0.39, 0.29) is 0 Å². The summed E-state index contributed by atoms with van der Waals surface area (Å²) in [6, 6.07) is 4.09. The van der Waals surface area contributed by atoms with Crippen LogP contribution in [0.1, 0.15) is 41.8 Å². The molecule has 0 aliphatic heterocycles. The number of aryl methyl sites for hydroxylation is 1. The first-order chi connectivity index (χ1) is 13.8. The van der Waals surface area contributed by atoms with Crippen LogP contribution in [0.5, 0.6) is 0 Å². The number of aromatic amines is 1. The quantitative estimate of drug-likeness (QED) is 0.575. The molecule has 4 N–H and O–H groups in total. The van der Waals surface area contributed by atoms with Gasteiger partial charge in [0, 0.05) is 10.8 Å². The summed E-state index contributed by atoms with van der Waals surface area (Å²) in [5, 5.41) is 19.6. The summed E-state index contributed by atoms with van der Waals surface area (Å²) in [6.07, 6.45) is 10.6. The van der Waals surface area contributed by atoms with E-state index in [9.17, 15) is 5.11 Å². The van der Waals surface area contributed by atoms with Crippen molar-refractivity contribution >= 4 is 27.4 Å². The van der Waals surface area contributed by atoms with E-state index in [1.807, 2.05) is 18.2 Å². The first-order valence-corrected chi connectivity index (χ1v) is 9.84. The fourth-order valence-electron chi connectivity index (χ4n) is 4.38. The van der Waals surface area contributed by atoms with Crippen molar-refractivity contribution in [3.8, 4) is 11.8 Å². The fraction of sp³-hybridized carbons (Fsp3) is 0.304. The molecule has 0 amide bonds. The number of H-pyrrole nitrogens is 1. The van der Waals surface area contributed by atoms with Gasteiger partial charge in [0.05, 0.1) is 29.4 Å². The lowest BCUT2D eigenvalue weighted by molar-refractivity contribution is 0.226. The number of nitrogens with two attached hydrogens (primary N) is 1. The van der Waals surface area contributed by atoms with Crippen molar-refractivity contribution in [2.45, 2.75) is 38.2 Å². The Hall–Kier alpha value is -2.94. The van der Waals surface area contributed by atoms with E-state index in [1.54, 1.807) is 0 Å². The third-order valence-electron chi connectivity index (χ3n) is 5.66. The van der Waals surface area contributed by atoms with E-state index in [2.05, 4.69) is 34.2 Å².